The van der Waals surface area contributed by atoms with E-state index in [0.717, 1.165) is 32.1 Å². The molecular formula is C10H12ClN3O. The van der Waals surface area contributed by atoms with Gasteiger partial charge in [0, 0.05) is 24.6 Å². The molecule has 1 aromatic rings. The standard InChI is InChI=1S/C10H12ClN3O/c11-8-3-9(13-7-12-8)14-2-1-10(4-14)5-15-6-10/h3,7H,1-2,4-6H2. The largest absolute Gasteiger partial charge is 0.380 e. The van der Waals surface area contributed by atoms with Crippen molar-refractivity contribution >= 4 is 17.4 Å². The summed E-state index contributed by atoms with van der Waals surface area (Å²) in [6.45, 7) is 3.85. The Bertz CT molecular complexity index is 381. The fourth-order valence-electron chi connectivity index (χ4n) is 2.25. The van der Waals surface area contributed by atoms with E-state index in [1.807, 2.05) is 6.07 Å². The van der Waals surface area contributed by atoms with E-state index in [4.69, 9.17) is 16.3 Å². The van der Waals surface area contributed by atoms with Gasteiger partial charge in [-0.05, 0) is 6.42 Å². The molecule has 80 valence electrons. The highest BCUT2D eigenvalue weighted by atomic mass is 35.5. The second-order valence-corrected chi connectivity index (χ2v) is 4.75. The Labute approximate surface area is 93.2 Å². The molecule has 0 N–H and O–H groups in total. The lowest BCUT2D eigenvalue weighted by Crippen LogP contribution is -2.44. The van der Waals surface area contributed by atoms with Crippen LogP contribution in [-0.2, 0) is 4.74 Å². The number of aromatic nitrogens is 2. The van der Waals surface area contributed by atoms with Crippen molar-refractivity contribution in [2.24, 2.45) is 5.41 Å². The highest BCUT2D eigenvalue weighted by molar-refractivity contribution is 6.29. The van der Waals surface area contributed by atoms with Crippen LogP contribution in [0.1, 0.15) is 6.42 Å². The molecule has 0 saturated carbocycles. The first kappa shape index (κ1) is 9.36. The molecule has 15 heavy (non-hydrogen) atoms. The third-order valence-corrected chi connectivity index (χ3v) is 3.40. The van der Waals surface area contributed by atoms with E-state index < -0.39 is 0 Å². The molecule has 4 nitrogen and oxygen atoms in total. The number of hydrogen-bond acceptors (Lipinski definition) is 4. The van der Waals surface area contributed by atoms with Gasteiger partial charge in [-0.25, -0.2) is 9.97 Å². The average Bonchev–Trinajstić information content (AvgIpc) is 2.62. The molecule has 0 bridgehead atoms. The van der Waals surface area contributed by atoms with E-state index in [1.54, 1.807) is 0 Å². The molecule has 1 aromatic heterocycles. The van der Waals surface area contributed by atoms with Crippen LogP contribution in [0.4, 0.5) is 5.82 Å². The van der Waals surface area contributed by atoms with Gasteiger partial charge in [-0.2, -0.15) is 0 Å². The van der Waals surface area contributed by atoms with Gasteiger partial charge in [-0.15, -0.1) is 0 Å². The minimum Gasteiger partial charge on any atom is -0.380 e. The summed E-state index contributed by atoms with van der Waals surface area (Å²) in [6.07, 6.45) is 2.70. The highest BCUT2D eigenvalue weighted by Crippen LogP contribution is 2.38. The van der Waals surface area contributed by atoms with E-state index in [-0.39, 0.29) is 0 Å². The molecule has 0 radical (unpaired) electrons. The zero-order valence-corrected chi connectivity index (χ0v) is 9.07. The molecule has 5 heteroatoms. The van der Waals surface area contributed by atoms with Crippen LogP contribution in [0.3, 0.4) is 0 Å². The zero-order chi connectivity index (χ0) is 10.3. The summed E-state index contributed by atoms with van der Waals surface area (Å²) in [5.74, 6) is 0.929. The second kappa shape index (κ2) is 3.32. The van der Waals surface area contributed by atoms with E-state index in [9.17, 15) is 0 Å². The first-order valence-electron chi connectivity index (χ1n) is 5.08. The summed E-state index contributed by atoms with van der Waals surface area (Å²) < 4.78 is 5.28. The smallest absolute Gasteiger partial charge is 0.134 e. The minimum absolute atomic E-state index is 0.386. The Morgan fingerprint density at radius 1 is 1.40 bits per heavy atom. The minimum atomic E-state index is 0.386. The van der Waals surface area contributed by atoms with Crippen molar-refractivity contribution in [3.05, 3.63) is 17.5 Å². The molecule has 2 aliphatic heterocycles. The van der Waals surface area contributed by atoms with Crippen LogP contribution < -0.4 is 4.90 Å². The topological polar surface area (TPSA) is 38.2 Å². The van der Waals surface area contributed by atoms with Crippen molar-refractivity contribution in [3.8, 4) is 0 Å². The summed E-state index contributed by atoms with van der Waals surface area (Å²) >= 11 is 5.84. The van der Waals surface area contributed by atoms with Gasteiger partial charge < -0.3 is 9.64 Å². The molecule has 0 aromatic carbocycles. The summed E-state index contributed by atoms with van der Waals surface area (Å²) in [4.78, 5) is 10.4. The van der Waals surface area contributed by atoms with Gasteiger partial charge in [-0.1, -0.05) is 11.6 Å². The monoisotopic (exact) mass is 225 g/mol. The lowest BCUT2D eigenvalue weighted by molar-refractivity contribution is -0.0985. The van der Waals surface area contributed by atoms with Crippen molar-refractivity contribution in [2.75, 3.05) is 31.2 Å². The van der Waals surface area contributed by atoms with Crippen molar-refractivity contribution < 1.29 is 4.74 Å². The fourth-order valence-corrected chi connectivity index (χ4v) is 2.40. The van der Waals surface area contributed by atoms with Crippen molar-refractivity contribution in [3.63, 3.8) is 0 Å². The summed E-state index contributed by atoms with van der Waals surface area (Å²) in [5.41, 5.74) is 0.386. The van der Waals surface area contributed by atoms with E-state index in [2.05, 4.69) is 14.9 Å². The summed E-state index contributed by atoms with van der Waals surface area (Å²) in [6, 6.07) is 1.82. The number of rotatable bonds is 1. The Balaban J connectivity index is 1.79. The van der Waals surface area contributed by atoms with Crippen LogP contribution in [0.5, 0.6) is 0 Å². The maximum atomic E-state index is 5.84. The van der Waals surface area contributed by atoms with E-state index >= 15 is 0 Å². The number of hydrogen-bond donors (Lipinski definition) is 0. The molecule has 2 fully saturated rings. The lowest BCUT2D eigenvalue weighted by Gasteiger charge is -2.37. The summed E-state index contributed by atoms with van der Waals surface area (Å²) in [7, 11) is 0. The first-order chi connectivity index (χ1) is 7.27. The van der Waals surface area contributed by atoms with Gasteiger partial charge in [0.25, 0.3) is 0 Å². The Morgan fingerprint density at radius 3 is 2.87 bits per heavy atom. The third kappa shape index (κ3) is 1.58. The van der Waals surface area contributed by atoms with Crippen LogP contribution in [0.15, 0.2) is 12.4 Å². The van der Waals surface area contributed by atoms with E-state index in [1.165, 1.54) is 12.7 Å². The molecule has 2 aliphatic rings. The van der Waals surface area contributed by atoms with Crippen LogP contribution >= 0.6 is 11.6 Å². The van der Waals surface area contributed by atoms with Crippen molar-refractivity contribution in [1.29, 1.82) is 0 Å². The molecule has 1 spiro atoms. The number of ether oxygens (including phenoxy) is 1. The van der Waals surface area contributed by atoms with Gasteiger partial charge in [0.2, 0.25) is 0 Å². The maximum Gasteiger partial charge on any atom is 0.134 e. The quantitative estimate of drug-likeness (QED) is 0.677. The molecule has 0 unspecified atom stereocenters. The van der Waals surface area contributed by atoms with Gasteiger partial charge in [-0.3, -0.25) is 0 Å². The molecule has 0 amide bonds. The molecular weight excluding hydrogens is 214 g/mol. The molecule has 2 saturated heterocycles. The zero-order valence-electron chi connectivity index (χ0n) is 8.32. The predicted octanol–water partition coefficient (Wildman–Crippen LogP) is 1.36. The first-order valence-corrected chi connectivity index (χ1v) is 5.46. The fraction of sp³-hybridized carbons (Fsp3) is 0.600. The molecule has 0 aliphatic carbocycles. The third-order valence-electron chi connectivity index (χ3n) is 3.20. The second-order valence-electron chi connectivity index (χ2n) is 4.36. The van der Waals surface area contributed by atoms with Crippen LogP contribution in [0, 0.1) is 5.41 Å². The number of nitrogens with zero attached hydrogens (tertiary/aromatic N) is 3. The number of halogens is 1. The highest BCUT2D eigenvalue weighted by Gasteiger charge is 2.44. The number of anilines is 1. The van der Waals surface area contributed by atoms with Gasteiger partial charge in [0.1, 0.15) is 17.3 Å². The molecule has 3 heterocycles. The van der Waals surface area contributed by atoms with Gasteiger partial charge in [0.05, 0.1) is 13.2 Å². The predicted molar refractivity (Wildman–Crippen MR) is 57.1 cm³/mol. The normalized spacial score (nSPS) is 23.1. The Morgan fingerprint density at radius 2 is 2.27 bits per heavy atom. The Hall–Kier alpha value is -0.870. The maximum absolute atomic E-state index is 5.84. The van der Waals surface area contributed by atoms with Crippen molar-refractivity contribution in [2.45, 2.75) is 6.42 Å². The Kier molecular flexibility index (Phi) is 2.07. The molecule has 3 rings (SSSR count). The SMILES string of the molecule is Clc1cc(N2CCC3(COC3)C2)ncn1. The van der Waals surface area contributed by atoms with Gasteiger partial charge in [0.15, 0.2) is 0 Å². The lowest BCUT2D eigenvalue weighted by atomic mass is 9.85. The van der Waals surface area contributed by atoms with E-state index in [0.29, 0.717) is 10.6 Å². The van der Waals surface area contributed by atoms with Crippen molar-refractivity contribution in [1.82, 2.24) is 9.97 Å². The van der Waals surface area contributed by atoms with Crippen LogP contribution in [0.25, 0.3) is 0 Å². The van der Waals surface area contributed by atoms with Crippen LogP contribution in [-0.4, -0.2) is 36.3 Å². The molecule has 0 atom stereocenters. The average molecular weight is 226 g/mol. The summed E-state index contributed by atoms with van der Waals surface area (Å²) in [5, 5.41) is 0.505. The van der Waals surface area contributed by atoms with Gasteiger partial charge >= 0.3 is 0 Å². The van der Waals surface area contributed by atoms with Crippen LogP contribution in [0.2, 0.25) is 5.15 Å².